The lowest BCUT2D eigenvalue weighted by molar-refractivity contribution is 0.623. The molecule has 0 bridgehead atoms. The van der Waals surface area contributed by atoms with Gasteiger partial charge in [-0.3, -0.25) is 4.57 Å². The molecule has 0 atom stereocenters. The predicted molar refractivity (Wildman–Crippen MR) is 88.3 cm³/mol. The summed E-state index contributed by atoms with van der Waals surface area (Å²) in [6.07, 6.45) is 0. The summed E-state index contributed by atoms with van der Waals surface area (Å²) >= 11 is 21.5. The van der Waals surface area contributed by atoms with Crippen LogP contribution in [0.25, 0.3) is 16.7 Å². The van der Waals surface area contributed by atoms with Crippen molar-refractivity contribution < 1.29 is 4.39 Å². The fourth-order valence-electron chi connectivity index (χ4n) is 2.15. The minimum absolute atomic E-state index is 0.163. The molecule has 1 aromatic heterocycles. The minimum atomic E-state index is -0.384. The Morgan fingerprint density at radius 1 is 1.24 bits per heavy atom. The molecular formula is C14H7BrCl3FN2. The smallest absolute Gasteiger partial charge is 0.139 e. The molecule has 1 heterocycles. The lowest BCUT2D eigenvalue weighted by Crippen LogP contribution is -2.00. The number of hydrogen-bond acceptors (Lipinski definition) is 1. The molecule has 2 nitrogen and oxygen atoms in total. The van der Waals surface area contributed by atoms with E-state index in [1.165, 1.54) is 6.07 Å². The van der Waals surface area contributed by atoms with Crippen molar-refractivity contribution in [3.05, 3.63) is 56.5 Å². The normalized spacial score (nSPS) is 11.3. The van der Waals surface area contributed by atoms with Crippen molar-refractivity contribution in [2.24, 2.45) is 0 Å². The number of halogens is 5. The van der Waals surface area contributed by atoms with Crippen LogP contribution in [0.15, 0.2) is 34.8 Å². The molecule has 2 aromatic carbocycles. The number of rotatable bonds is 2. The van der Waals surface area contributed by atoms with Crippen molar-refractivity contribution in [2.75, 3.05) is 0 Å². The summed E-state index contributed by atoms with van der Waals surface area (Å²) in [7, 11) is 0. The molecule has 0 aliphatic carbocycles. The number of alkyl halides is 1. The second-order valence-corrected chi connectivity index (χ2v) is 6.23. The van der Waals surface area contributed by atoms with Crippen LogP contribution in [0.1, 0.15) is 5.82 Å². The Kier molecular flexibility index (Phi) is 4.14. The summed E-state index contributed by atoms with van der Waals surface area (Å²) in [4.78, 5) is 4.35. The van der Waals surface area contributed by atoms with Crippen LogP contribution in [0.4, 0.5) is 4.39 Å². The Bertz CT molecular complexity index is 848. The van der Waals surface area contributed by atoms with Gasteiger partial charge < -0.3 is 0 Å². The zero-order chi connectivity index (χ0) is 15.1. The number of fused-ring (bicyclic) bond motifs is 1. The van der Waals surface area contributed by atoms with E-state index in [2.05, 4.69) is 20.9 Å². The van der Waals surface area contributed by atoms with E-state index < -0.39 is 0 Å². The highest BCUT2D eigenvalue weighted by atomic mass is 79.9. The van der Waals surface area contributed by atoms with Crippen LogP contribution in [0.2, 0.25) is 10.0 Å². The van der Waals surface area contributed by atoms with Gasteiger partial charge in [0.05, 0.1) is 37.1 Å². The van der Waals surface area contributed by atoms with Gasteiger partial charge in [0.1, 0.15) is 11.6 Å². The van der Waals surface area contributed by atoms with E-state index in [9.17, 15) is 4.39 Å². The van der Waals surface area contributed by atoms with Gasteiger partial charge in [-0.15, -0.1) is 11.6 Å². The minimum Gasteiger partial charge on any atom is -0.294 e. The molecule has 0 amide bonds. The van der Waals surface area contributed by atoms with Crippen LogP contribution in [0, 0.1) is 5.82 Å². The van der Waals surface area contributed by atoms with E-state index in [0.717, 1.165) is 0 Å². The Morgan fingerprint density at radius 3 is 2.71 bits per heavy atom. The lowest BCUT2D eigenvalue weighted by Gasteiger charge is -2.11. The van der Waals surface area contributed by atoms with E-state index >= 15 is 0 Å². The van der Waals surface area contributed by atoms with E-state index in [0.29, 0.717) is 37.1 Å². The van der Waals surface area contributed by atoms with Crippen LogP contribution < -0.4 is 0 Å². The van der Waals surface area contributed by atoms with Gasteiger partial charge >= 0.3 is 0 Å². The number of imidazole rings is 1. The zero-order valence-electron chi connectivity index (χ0n) is 10.4. The van der Waals surface area contributed by atoms with Crippen molar-refractivity contribution in [1.82, 2.24) is 9.55 Å². The third-order valence-corrected chi connectivity index (χ3v) is 4.71. The molecule has 7 heteroatoms. The molecule has 0 spiro atoms. The van der Waals surface area contributed by atoms with E-state index in [4.69, 9.17) is 34.8 Å². The van der Waals surface area contributed by atoms with Crippen LogP contribution in [-0.2, 0) is 5.88 Å². The SMILES string of the molecule is Fc1cc2nc(CCl)n(-c3cccc(Cl)c3Cl)c2cc1Br. The van der Waals surface area contributed by atoms with Crippen LogP contribution in [0.5, 0.6) is 0 Å². The Morgan fingerprint density at radius 2 is 2.00 bits per heavy atom. The first-order valence-corrected chi connectivity index (χ1v) is 7.98. The Balaban J connectivity index is 2.40. The molecule has 0 fully saturated rings. The summed E-state index contributed by atoms with van der Waals surface area (Å²) in [5, 5.41) is 0.822. The number of hydrogen-bond donors (Lipinski definition) is 0. The van der Waals surface area contributed by atoms with E-state index in [1.807, 2.05) is 6.07 Å². The lowest BCUT2D eigenvalue weighted by atomic mass is 10.2. The van der Waals surface area contributed by atoms with E-state index in [1.54, 1.807) is 22.8 Å². The van der Waals surface area contributed by atoms with Crippen molar-refractivity contribution in [3.8, 4) is 5.69 Å². The molecule has 108 valence electrons. The van der Waals surface area contributed by atoms with Gasteiger partial charge in [-0.1, -0.05) is 29.3 Å². The average Bonchev–Trinajstić information content (AvgIpc) is 2.80. The molecule has 0 aliphatic heterocycles. The first kappa shape index (κ1) is 15.1. The van der Waals surface area contributed by atoms with Gasteiger partial charge in [0.2, 0.25) is 0 Å². The summed E-state index contributed by atoms with van der Waals surface area (Å²) in [5.74, 6) is 0.343. The Hall–Kier alpha value is -0.810. The molecule has 21 heavy (non-hydrogen) atoms. The highest BCUT2D eigenvalue weighted by Crippen LogP contribution is 2.33. The van der Waals surface area contributed by atoms with Gasteiger partial charge in [-0.05, 0) is 34.1 Å². The molecule has 0 saturated carbocycles. The summed E-state index contributed by atoms with van der Waals surface area (Å²) in [5.41, 5.74) is 1.85. The molecule has 0 unspecified atom stereocenters. The first-order valence-electron chi connectivity index (χ1n) is 5.89. The highest BCUT2D eigenvalue weighted by molar-refractivity contribution is 9.10. The van der Waals surface area contributed by atoms with Crippen molar-refractivity contribution >= 4 is 61.8 Å². The quantitative estimate of drug-likeness (QED) is 0.478. The maximum absolute atomic E-state index is 13.7. The molecule has 0 aliphatic rings. The van der Waals surface area contributed by atoms with Crippen LogP contribution in [-0.4, -0.2) is 9.55 Å². The first-order chi connectivity index (χ1) is 10.0. The van der Waals surface area contributed by atoms with Gasteiger partial charge in [0.25, 0.3) is 0 Å². The monoisotopic (exact) mass is 406 g/mol. The molecule has 3 rings (SSSR count). The van der Waals surface area contributed by atoms with Gasteiger partial charge in [0.15, 0.2) is 0 Å². The van der Waals surface area contributed by atoms with Crippen molar-refractivity contribution in [1.29, 1.82) is 0 Å². The third-order valence-electron chi connectivity index (χ3n) is 3.06. The summed E-state index contributed by atoms with van der Waals surface area (Å²) in [6.45, 7) is 0. The number of benzene rings is 2. The summed E-state index contributed by atoms with van der Waals surface area (Å²) < 4.78 is 15.8. The summed E-state index contributed by atoms with van der Waals surface area (Å²) in [6, 6.07) is 8.28. The molecule has 3 aromatic rings. The molecule has 0 saturated heterocycles. The van der Waals surface area contributed by atoms with Crippen molar-refractivity contribution in [2.45, 2.75) is 5.88 Å². The average molecular weight is 408 g/mol. The third kappa shape index (κ3) is 2.55. The van der Waals surface area contributed by atoms with Crippen LogP contribution >= 0.6 is 50.7 Å². The zero-order valence-corrected chi connectivity index (χ0v) is 14.2. The second-order valence-electron chi connectivity index (χ2n) is 4.33. The fourth-order valence-corrected chi connectivity index (χ4v) is 3.04. The maximum atomic E-state index is 13.7. The molecule has 0 N–H and O–H groups in total. The number of nitrogens with zero attached hydrogens (tertiary/aromatic N) is 2. The Labute approximate surface area is 143 Å². The molecule has 0 radical (unpaired) electrons. The molecular weight excluding hydrogens is 401 g/mol. The van der Waals surface area contributed by atoms with E-state index in [-0.39, 0.29) is 11.7 Å². The second kappa shape index (κ2) is 5.76. The van der Waals surface area contributed by atoms with Crippen molar-refractivity contribution in [3.63, 3.8) is 0 Å². The van der Waals surface area contributed by atoms with Gasteiger partial charge in [0, 0.05) is 6.07 Å². The fraction of sp³-hybridized carbons (Fsp3) is 0.0714. The van der Waals surface area contributed by atoms with Gasteiger partial charge in [-0.25, -0.2) is 9.37 Å². The predicted octanol–water partition coefficient (Wildman–Crippen LogP) is 5.97. The standard InChI is InChI=1S/C14H7BrCl3FN2/c15-7-4-12-10(5-9(7)19)20-13(6-16)21(12)11-3-1-2-8(17)14(11)18/h1-5H,6H2. The number of aromatic nitrogens is 2. The maximum Gasteiger partial charge on any atom is 0.139 e. The topological polar surface area (TPSA) is 17.8 Å². The van der Waals surface area contributed by atoms with Crippen LogP contribution in [0.3, 0.4) is 0 Å². The highest BCUT2D eigenvalue weighted by Gasteiger charge is 2.17. The largest absolute Gasteiger partial charge is 0.294 e. The van der Waals surface area contributed by atoms with Gasteiger partial charge in [-0.2, -0.15) is 0 Å².